The summed E-state index contributed by atoms with van der Waals surface area (Å²) in [6.45, 7) is 4.39. The molecule has 0 radical (unpaired) electrons. The zero-order chi connectivity index (χ0) is 19.1. The van der Waals surface area contributed by atoms with E-state index in [4.69, 9.17) is 14.0 Å². The summed E-state index contributed by atoms with van der Waals surface area (Å²) in [5.74, 6) is -0.649. The third-order valence-corrected chi connectivity index (χ3v) is 5.19. The van der Waals surface area contributed by atoms with Gasteiger partial charge >= 0.3 is 21.3 Å². The van der Waals surface area contributed by atoms with Crippen LogP contribution in [0, 0.1) is 0 Å². The first-order chi connectivity index (χ1) is 11.5. The van der Waals surface area contributed by atoms with Crippen LogP contribution < -0.4 is 0 Å². The van der Waals surface area contributed by atoms with Crippen LogP contribution in [0.2, 0.25) is 0 Å². The van der Waals surface area contributed by atoms with Crippen LogP contribution >= 0.6 is 0 Å². The lowest BCUT2D eigenvalue weighted by Gasteiger charge is -2.31. The minimum Gasteiger partial charge on any atom is -0.456 e. The van der Waals surface area contributed by atoms with E-state index < -0.39 is 40.0 Å². The molecule has 1 fully saturated rings. The molecule has 1 rings (SSSR count). The first kappa shape index (κ1) is 22.0. The van der Waals surface area contributed by atoms with Gasteiger partial charge in [0.2, 0.25) is 0 Å². The Morgan fingerprint density at radius 3 is 2.24 bits per heavy atom. The Labute approximate surface area is 147 Å². The highest BCUT2D eigenvalue weighted by atomic mass is 32.2. The molecule has 0 heterocycles. The molecule has 0 bridgehead atoms. The van der Waals surface area contributed by atoms with Crippen molar-refractivity contribution in [2.24, 2.45) is 0 Å². The predicted octanol–water partition coefficient (Wildman–Crippen LogP) is 3.48. The van der Waals surface area contributed by atoms with Crippen LogP contribution in [-0.4, -0.2) is 43.0 Å². The van der Waals surface area contributed by atoms with Gasteiger partial charge in [0.25, 0.3) is 0 Å². The maximum absolute atomic E-state index is 13.0. The highest BCUT2D eigenvalue weighted by molar-refractivity contribution is 7.86. The average molecular weight is 384 g/mol. The fraction of sp³-hybridized carbons (Fsp3) is 0.812. The number of rotatable bonds is 8. The second kappa shape index (κ2) is 9.05. The number of carbonyl (C=O) groups is 1. The van der Waals surface area contributed by atoms with Crippen molar-refractivity contribution in [2.75, 3.05) is 13.2 Å². The summed E-state index contributed by atoms with van der Waals surface area (Å²) in [5, 5.41) is -4.29. The summed E-state index contributed by atoms with van der Waals surface area (Å²) in [7, 11) is -5.48. The van der Waals surface area contributed by atoms with E-state index in [0.717, 1.165) is 38.5 Å². The molecule has 9 heteroatoms. The van der Waals surface area contributed by atoms with Crippen LogP contribution in [0.5, 0.6) is 0 Å². The van der Waals surface area contributed by atoms with E-state index in [2.05, 4.69) is 6.58 Å². The molecular formula is C16H26F2O6S. The molecule has 146 valence electrons. The number of carbonyl (C=O) groups excluding carboxylic acids is 1. The molecule has 1 aliphatic rings. The summed E-state index contributed by atoms with van der Waals surface area (Å²) in [5.41, 5.74) is -0.600. The van der Waals surface area contributed by atoms with E-state index in [9.17, 15) is 22.0 Å². The van der Waals surface area contributed by atoms with Gasteiger partial charge < -0.3 is 9.47 Å². The molecular weight excluding hydrogens is 358 g/mol. The molecule has 0 aliphatic heterocycles. The van der Waals surface area contributed by atoms with Gasteiger partial charge in [-0.25, -0.2) is 4.79 Å². The molecule has 0 atom stereocenters. The van der Waals surface area contributed by atoms with E-state index in [0.29, 0.717) is 0 Å². The Kier molecular flexibility index (Phi) is 7.95. The fourth-order valence-corrected chi connectivity index (χ4v) is 2.97. The third kappa shape index (κ3) is 7.37. The Balaban J connectivity index is 2.40. The molecule has 1 saturated carbocycles. The number of halogens is 2. The molecule has 0 saturated heterocycles. The molecule has 0 aromatic carbocycles. The first-order valence-electron chi connectivity index (χ1n) is 8.31. The summed E-state index contributed by atoms with van der Waals surface area (Å²) >= 11 is 0. The molecule has 0 unspecified atom stereocenters. The maximum Gasteiger partial charge on any atom is 0.372 e. The first-order valence-corrected chi connectivity index (χ1v) is 9.75. The second-order valence-electron chi connectivity index (χ2n) is 6.63. The summed E-state index contributed by atoms with van der Waals surface area (Å²) in [4.78, 5) is 12.1. The zero-order valence-electron chi connectivity index (χ0n) is 14.4. The monoisotopic (exact) mass is 384 g/mol. The lowest BCUT2D eigenvalue weighted by atomic mass is 9.88. The number of alkyl halides is 2. The smallest absolute Gasteiger partial charge is 0.372 e. The molecule has 1 N–H and O–H groups in total. The molecule has 6 nitrogen and oxygen atoms in total. The van der Waals surface area contributed by atoms with Gasteiger partial charge in [0.1, 0.15) is 5.60 Å². The predicted molar refractivity (Wildman–Crippen MR) is 87.9 cm³/mol. The largest absolute Gasteiger partial charge is 0.456 e. The Bertz CT molecular complexity index is 565. The van der Waals surface area contributed by atoms with Crippen molar-refractivity contribution >= 4 is 16.1 Å². The van der Waals surface area contributed by atoms with Crippen molar-refractivity contribution in [1.82, 2.24) is 0 Å². The second-order valence-corrected chi connectivity index (χ2v) is 8.17. The van der Waals surface area contributed by atoms with Gasteiger partial charge in [-0.2, -0.15) is 17.2 Å². The SMILES string of the molecule is C=C(COCCC(F)(F)S(=O)(=O)O)C(=O)OC1(C)CCCCCCC1. The Hall–Kier alpha value is -1.06. The van der Waals surface area contributed by atoms with Crippen LogP contribution in [0.3, 0.4) is 0 Å². The zero-order valence-corrected chi connectivity index (χ0v) is 15.2. The van der Waals surface area contributed by atoms with Gasteiger partial charge in [-0.3, -0.25) is 4.55 Å². The lowest BCUT2D eigenvalue weighted by molar-refractivity contribution is -0.155. The maximum atomic E-state index is 13.0. The normalized spacial score (nSPS) is 18.9. The summed E-state index contributed by atoms with van der Waals surface area (Å²) in [6, 6.07) is 0. The summed E-state index contributed by atoms with van der Waals surface area (Å²) < 4.78 is 65.7. The quantitative estimate of drug-likeness (QED) is 0.298. The van der Waals surface area contributed by atoms with Crippen molar-refractivity contribution in [3.63, 3.8) is 0 Å². The highest BCUT2D eigenvalue weighted by Gasteiger charge is 2.43. The van der Waals surface area contributed by atoms with E-state index in [-0.39, 0.29) is 12.2 Å². The van der Waals surface area contributed by atoms with E-state index in [1.165, 1.54) is 6.42 Å². The minimum atomic E-state index is -5.48. The molecule has 0 aromatic rings. The molecule has 25 heavy (non-hydrogen) atoms. The van der Waals surface area contributed by atoms with Crippen molar-refractivity contribution < 1.29 is 36.0 Å². The van der Waals surface area contributed by atoms with E-state index in [1.807, 2.05) is 6.92 Å². The fourth-order valence-electron chi connectivity index (χ4n) is 2.63. The van der Waals surface area contributed by atoms with Crippen LogP contribution in [-0.2, 0) is 24.4 Å². The average Bonchev–Trinajstić information content (AvgIpc) is 2.46. The van der Waals surface area contributed by atoms with E-state index in [1.54, 1.807) is 0 Å². The van der Waals surface area contributed by atoms with Crippen molar-refractivity contribution in [3.8, 4) is 0 Å². The molecule has 0 amide bonds. The van der Waals surface area contributed by atoms with Crippen molar-refractivity contribution in [1.29, 1.82) is 0 Å². The third-order valence-electron chi connectivity index (χ3n) is 4.23. The Morgan fingerprint density at radius 1 is 1.20 bits per heavy atom. The molecule has 0 spiro atoms. The van der Waals surface area contributed by atoms with E-state index >= 15 is 0 Å². The van der Waals surface area contributed by atoms with Gasteiger partial charge in [-0.15, -0.1) is 0 Å². The standard InChI is InChI=1S/C16H26F2O6S/c1-13(12-23-11-10-16(17,18)25(20,21)22)14(19)24-15(2)8-6-4-3-5-7-9-15/h1,3-12H2,2H3,(H,20,21,22). The molecule has 0 aromatic heterocycles. The number of hydrogen-bond donors (Lipinski definition) is 1. The van der Waals surface area contributed by atoms with Gasteiger partial charge in [-0.05, 0) is 32.6 Å². The Morgan fingerprint density at radius 2 is 1.72 bits per heavy atom. The lowest BCUT2D eigenvalue weighted by Crippen LogP contribution is -2.33. The van der Waals surface area contributed by atoms with Gasteiger partial charge in [0.15, 0.2) is 0 Å². The van der Waals surface area contributed by atoms with Gasteiger partial charge in [0, 0.05) is 0 Å². The topological polar surface area (TPSA) is 89.9 Å². The van der Waals surface area contributed by atoms with Crippen molar-refractivity contribution in [3.05, 3.63) is 12.2 Å². The van der Waals surface area contributed by atoms with Crippen LogP contribution in [0.25, 0.3) is 0 Å². The van der Waals surface area contributed by atoms with Crippen LogP contribution in [0.4, 0.5) is 8.78 Å². The molecule has 1 aliphatic carbocycles. The van der Waals surface area contributed by atoms with Crippen LogP contribution in [0.1, 0.15) is 58.3 Å². The van der Waals surface area contributed by atoms with Gasteiger partial charge in [-0.1, -0.05) is 25.8 Å². The van der Waals surface area contributed by atoms with Gasteiger partial charge in [0.05, 0.1) is 25.2 Å². The highest BCUT2D eigenvalue weighted by Crippen LogP contribution is 2.30. The number of esters is 1. The minimum absolute atomic E-state index is 0.0292. The number of hydrogen-bond acceptors (Lipinski definition) is 5. The number of ether oxygens (including phenoxy) is 2. The summed E-state index contributed by atoms with van der Waals surface area (Å²) in [6.07, 6.45) is 5.61. The van der Waals surface area contributed by atoms with Crippen LogP contribution in [0.15, 0.2) is 12.2 Å². The van der Waals surface area contributed by atoms with Crippen molar-refractivity contribution in [2.45, 2.75) is 69.1 Å².